The number of aliphatic hydroxyl groups excluding tert-OH is 1. The standard InChI is InChI=1S/C25H43NO5/c1-4-6-7-8-9-12-15-21-22(30-21)16-13-10-11-14-19(27)17-23(28)26-20-18-25(3,5-2)31-24(20)29/h10-11,19-22,27H,4-9,12-18H2,1-3H3,(H,26,28)/b11-10-/t19-,20?,21+,22-,25-/m0/s1. The molecule has 1 unspecified atom stereocenters. The third-order valence-corrected chi connectivity index (χ3v) is 6.49. The van der Waals surface area contributed by atoms with E-state index in [1.807, 2.05) is 19.9 Å². The summed E-state index contributed by atoms with van der Waals surface area (Å²) in [6, 6.07) is -0.608. The maximum absolute atomic E-state index is 12.1. The first kappa shape index (κ1) is 25.9. The summed E-state index contributed by atoms with van der Waals surface area (Å²) < 4.78 is 11.1. The Morgan fingerprint density at radius 1 is 1.16 bits per heavy atom. The van der Waals surface area contributed by atoms with Crippen LogP contribution in [0.1, 0.15) is 104 Å². The predicted molar refractivity (Wildman–Crippen MR) is 122 cm³/mol. The summed E-state index contributed by atoms with van der Waals surface area (Å²) in [6.07, 6.45) is 16.8. The number of allylic oxidation sites excluding steroid dienone is 1. The lowest BCUT2D eigenvalue weighted by molar-refractivity contribution is -0.149. The Morgan fingerprint density at radius 2 is 1.87 bits per heavy atom. The second-order valence-corrected chi connectivity index (χ2v) is 9.46. The fourth-order valence-electron chi connectivity index (χ4n) is 4.19. The minimum Gasteiger partial charge on any atom is -0.458 e. The molecular weight excluding hydrogens is 394 g/mol. The van der Waals surface area contributed by atoms with Gasteiger partial charge < -0.3 is 19.9 Å². The topological polar surface area (TPSA) is 88.2 Å². The Kier molecular flexibility index (Phi) is 11.0. The molecule has 2 fully saturated rings. The molecule has 0 spiro atoms. The van der Waals surface area contributed by atoms with Crippen molar-refractivity contribution in [3.63, 3.8) is 0 Å². The van der Waals surface area contributed by atoms with Gasteiger partial charge in [-0.15, -0.1) is 0 Å². The van der Waals surface area contributed by atoms with E-state index in [4.69, 9.17) is 9.47 Å². The largest absolute Gasteiger partial charge is 0.458 e. The number of rotatable bonds is 16. The molecule has 2 saturated heterocycles. The second kappa shape index (κ2) is 13.2. The third kappa shape index (κ3) is 9.73. The van der Waals surface area contributed by atoms with Gasteiger partial charge in [0.15, 0.2) is 0 Å². The van der Waals surface area contributed by atoms with Gasteiger partial charge in [0.1, 0.15) is 11.6 Å². The van der Waals surface area contributed by atoms with Crippen LogP contribution in [0.2, 0.25) is 0 Å². The Labute approximate surface area is 188 Å². The third-order valence-electron chi connectivity index (χ3n) is 6.49. The number of hydrogen-bond acceptors (Lipinski definition) is 5. The number of nitrogens with one attached hydrogen (secondary N) is 1. The van der Waals surface area contributed by atoms with E-state index in [-0.39, 0.29) is 18.3 Å². The van der Waals surface area contributed by atoms with Crippen molar-refractivity contribution < 1.29 is 24.2 Å². The zero-order valence-corrected chi connectivity index (χ0v) is 19.7. The van der Waals surface area contributed by atoms with Gasteiger partial charge in [-0.25, -0.2) is 4.79 Å². The molecule has 2 N–H and O–H groups in total. The highest BCUT2D eigenvalue weighted by atomic mass is 16.6. The zero-order valence-electron chi connectivity index (χ0n) is 19.7. The molecule has 178 valence electrons. The van der Waals surface area contributed by atoms with Crippen LogP contribution in [0.25, 0.3) is 0 Å². The number of ether oxygens (including phenoxy) is 2. The van der Waals surface area contributed by atoms with Crippen molar-refractivity contribution >= 4 is 11.9 Å². The summed E-state index contributed by atoms with van der Waals surface area (Å²) in [5, 5.41) is 12.8. The van der Waals surface area contributed by atoms with E-state index in [0.717, 1.165) is 12.8 Å². The minimum absolute atomic E-state index is 0.0109. The summed E-state index contributed by atoms with van der Waals surface area (Å²) in [7, 11) is 0. The van der Waals surface area contributed by atoms with Crippen LogP contribution in [0, 0.1) is 0 Å². The molecule has 0 bridgehead atoms. The van der Waals surface area contributed by atoms with E-state index in [0.29, 0.717) is 31.5 Å². The van der Waals surface area contributed by atoms with Gasteiger partial charge in [-0.1, -0.05) is 64.5 Å². The van der Waals surface area contributed by atoms with Crippen LogP contribution in [0.5, 0.6) is 0 Å². The van der Waals surface area contributed by atoms with Crippen LogP contribution >= 0.6 is 0 Å². The van der Waals surface area contributed by atoms with Crippen molar-refractivity contribution in [2.75, 3.05) is 0 Å². The number of unbranched alkanes of at least 4 members (excludes halogenated alkanes) is 5. The molecule has 6 heteroatoms. The van der Waals surface area contributed by atoms with Gasteiger partial charge >= 0.3 is 5.97 Å². The number of esters is 1. The average Bonchev–Trinajstić information content (AvgIpc) is 3.40. The fourth-order valence-corrected chi connectivity index (χ4v) is 4.19. The highest BCUT2D eigenvalue weighted by molar-refractivity contribution is 5.86. The van der Waals surface area contributed by atoms with Gasteiger partial charge in [-0.3, -0.25) is 4.79 Å². The molecule has 0 aliphatic carbocycles. The number of hydrogen-bond donors (Lipinski definition) is 2. The minimum atomic E-state index is -0.746. The van der Waals surface area contributed by atoms with Crippen molar-refractivity contribution in [3.05, 3.63) is 12.2 Å². The van der Waals surface area contributed by atoms with E-state index >= 15 is 0 Å². The van der Waals surface area contributed by atoms with Gasteiger partial charge in [0.05, 0.1) is 24.7 Å². The Morgan fingerprint density at radius 3 is 2.58 bits per heavy atom. The Balaban J connectivity index is 1.49. The van der Waals surface area contributed by atoms with Crippen molar-refractivity contribution in [2.24, 2.45) is 0 Å². The molecule has 0 aromatic heterocycles. The molecular formula is C25H43NO5. The molecule has 2 rings (SSSR count). The fraction of sp³-hybridized carbons (Fsp3) is 0.840. The van der Waals surface area contributed by atoms with Crippen LogP contribution in [-0.2, 0) is 19.1 Å². The molecule has 0 aromatic rings. The number of carbonyl (C=O) groups is 2. The van der Waals surface area contributed by atoms with Crippen molar-refractivity contribution in [2.45, 2.75) is 134 Å². The lowest BCUT2D eigenvalue weighted by Gasteiger charge is -2.19. The molecule has 2 aliphatic rings. The van der Waals surface area contributed by atoms with Gasteiger partial charge in [0.2, 0.25) is 5.91 Å². The molecule has 0 aromatic carbocycles. The first-order chi connectivity index (χ1) is 14.9. The molecule has 2 aliphatic heterocycles. The smallest absolute Gasteiger partial charge is 0.329 e. The van der Waals surface area contributed by atoms with E-state index in [2.05, 4.69) is 18.3 Å². The maximum atomic E-state index is 12.1. The van der Waals surface area contributed by atoms with Crippen molar-refractivity contribution in [1.29, 1.82) is 0 Å². The molecule has 1 amide bonds. The summed E-state index contributed by atoms with van der Waals surface area (Å²) in [5.41, 5.74) is -0.505. The molecule has 31 heavy (non-hydrogen) atoms. The van der Waals surface area contributed by atoms with Gasteiger partial charge in [0.25, 0.3) is 0 Å². The van der Waals surface area contributed by atoms with Gasteiger partial charge in [-0.05, 0) is 39.0 Å². The number of carbonyl (C=O) groups excluding carboxylic acids is 2. The SMILES string of the molecule is CCCCCCCC[C@H]1O[C@H]1CC/C=C\C[C@H](O)CC(=O)NC1C[C@](C)(CC)OC1=O. The quantitative estimate of drug-likeness (QED) is 0.160. The molecule has 0 saturated carbocycles. The molecule has 6 nitrogen and oxygen atoms in total. The lowest BCUT2D eigenvalue weighted by atomic mass is 9.97. The van der Waals surface area contributed by atoms with Crippen LogP contribution in [0.15, 0.2) is 12.2 Å². The Bertz CT molecular complexity index is 592. The van der Waals surface area contributed by atoms with Crippen molar-refractivity contribution in [3.8, 4) is 0 Å². The maximum Gasteiger partial charge on any atom is 0.329 e. The van der Waals surface area contributed by atoms with E-state index in [1.165, 1.54) is 44.9 Å². The van der Waals surface area contributed by atoms with Crippen LogP contribution in [0.4, 0.5) is 0 Å². The van der Waals surface area contributed by atoms with Crippen LogP contribution in [0.3, 0.4) is 0 Å². The van der Waals surface area contributed by atoms with E-state index in [1.54, 1.807) is 0 Å². The van der Waals surface area contributed by atoms with E-state index in [9.17, 15) is 14.7 Å². The summed E-state index contributed by atoms with van der Waals surface area (Å²) in [5.74, 6) is -0.698. The monoisotopic (exact) mass is 437 g/mol. The predicted octanol–water partition coefficient (Wildman–Crippen LogP) is 4.58. The van der Waals surface area contributed by atoms with Crippen LogP contribution in [-0.4, -0.2) is 46.9 Å². The van der Waals surface area contributed by atoms with Crippen LogP contribution < -0.4 is 5.32 Å². The normalized spacial score (nSPS) is 28.6. The summed E-state index contributed by atoms with van der Waals surface area (Å²) in [6.45, 7) is 6.07. The van der Waals surface area contributed by atoms with Gasteiger partial charge in [-0.2, -0.15) is 0 Å². The number of aliphatic hydroxyl groups is 1. The Hall–Kier alpha value is -1.40. The average molecular weight is 438 g/mol. The molecule has 0 radical (unpaired) electrons. The lowest BCUT2D eigenvalue weighted by Crippen LogP contribution is -2.39. The molecule has 2 heterocycles. The first-order valence-electron chi connectivity index (χ1n) is 12.4. The molecule has 5 atom stereocenters. The highest BCUT2D eigenvalue weighted by Crippen LogP contribution is 2.31. The number of amides is 1. The van der Waals surface area contributed by atoms with Crippen molar-refractivity contribution in [1.82, 2.24) is 5.32 Å². The van der Waals surface area contributed by atoms with Gasteiger partial charge in [0, 0.05) is 6.42 Å². The summed E-state index contributed by atoms with van der Waals surface area (Å²) in [4.78, 5) is 24.0. The number of epoxide rings is 1. The number of cyclic esters (lactones) is 1. The van der Waals surface area contributed by atoms with E-state index < -0.39 is 17.7 Å². The second-order valence-electron chi connectivity index (χ2n) is 9.46. The highest BCUT2D eigenvalue weighted by Gasteiger charge is 2.42. The first-order valence-corrected chi connectivity index (χ1v) is 12.4. The summed E-state index contributed by atoms with van der Waals surface area (Å²) >= 11 is 0. The zero-order chi connectivity index (χ0) is 22.7.